The van der Waals surface area contributed by atoms with Crippen molar-refractivity contribution in [3.8, 4) is 0 Å². The first kappa shape index (κ1) is 17.8. The lowest BCUT2D eigenvalue weighted by Crippen LogP contribution is -2.50. The van der Waals surface area contributed by atoms with Crippen LogP contribution < -0.4 is 11.1 Å². The van der Waals surface area contributed by atoms with E-state index in [1.54, 1.807) is 14.0 Å². The number of rotatable bonds is 7. The molecule has 0 aromatic rings. The molecule has 2 amide bonds. The van der Waals surface area contributed by atoms with Gasteiger partial charge in [-0.25, -0.2) is 8.42 Å². The zero-order valence-electron chi connectivity index (χ0n) is 11.8. The molecular weight excluding hydrogens is 270 g/mol. The van der Waals surface area contributed by atoms with Crippen molar-refractivity contribution >= 4 is 21.7 Å². The predicted octanol–water partition coefficient (Wildman–Crippen LogP) is -1.27. The van der Waals surface area contributed by atoms with Crippen molar-refractivity contribution in [2.24, 2.45) is 5.73 Å². The van der Waals surface area contributed by atoms with E-state index in [4.69, 9.17) is 5.73 Å². The van der Waals surface area contributed by atoms with Gasteiger partial charge in [0, 0.05) is 19.8 Å². The molecule has 0 bridgehead atoms. The summed E-state index contributed by atoms with van der Waals surface area (Å²) in [6.07, 6.45) is 1.12. The van der Waals surface area contributed by atoms with Crippen LogP contribution in [0.25, 0.3) is 0 Å². The van der Waals surface area contributed by atoms with Crippen molar-refractivity contribution in [3.63, 3.8) is 0 Å². The van der Waals surface area contributed by atoms with Crippen LogP contribution in [0.1, 0.15) is 20.3 Å². The van der Waals surface area contributed by atoms with Crippen LogP contribution in [0.15, 0.2) is 0 Å². The summed E-state index contributed by atoms with van der Waals surface area (Å²) in [6, 6.07) is -1.61. The van der Waals surface area contributed by atoms with Gasteiger partial charge in [-0.3, -0.25) is 9.59 Å². The number of carbonyl (C=O) groups is 2. The minimum Gasteiger partial charge on any atom is -0.344 e. The van der Waals surface area contributed by atoms with Crippen molar-refractivity contribution in [1.82, 2.24) is 10.2 Å². The second-order valence-electron chi connectivity index (χ2n) is 4.61. The Kier molecular flexibility index (Phi) is 6.99. The minimum absolute atomic E-state index is 0.0369. The molecule has 0 aromatic heterocycles. The van der Waals surface area contributed by atoms with Crippen molar-refractivity contribution in [2.75, 3.05) is 25.6 Å². The predicted molar refractivity (Wildman–Crippen MR) is 73.2 cm³/mol. The fraction of sp³-hybridized carbons (Fsp3) is 0.818. The van der Waals surface area contributed by atoms with Gasteiger partial charge in [-0.15, -0.1) is 0 Å². The third-order valence-corrected chi connectivity index (χ3v) is 3.69. The van der Waals surface area contributed by atoms with Crippen LogP contribution in [0.2, 0.25) is 0 Å². The second kappa shape index (κ2) is 7.44. The van der Waals surface area contributed by atoms with Crippen LogP contribution in [-0.2, 0) is 19.4 Å². The molecule has 19 heavy (non-hydrogen) atoms. The van der Waals surface area contributed by atoms with E-state index < -0.39 is 27.8 Å². The first-order valence-electron chi connectivity index (χ1n) is 6.07. The molecule has 0 aromatic carbocycles. The Morgan fingerprint density at radius 1 is 1.37 bits per heavy atom. The third kappa shape index (κ3) is 7.12. The molecule has 2 atom stereocenters. The lowest BCUT2D eigenvalue weighted by atomic mass is 10.2. The number of hydrogen-bond donors (Lipinski definition) is 2. The molecule has 8 heteroatoms. The lowest BCUT2D eigenvalue weighted by molar-refractivity contribution is -0.135. The monoisotopic (exact) mass is 293 g/mol. The summed E-state index contributed by atoms with van der Waals surface area (Å²) in [4.78, 5) is 24.9. The lowest BCUT2D eigenvalue weighted by Gasteiger charge is -2.21. The molecule has 0 aliphatic rings. The number of hydrogen-bond acceptors (Lipinski definition) is 5. The third-order valence-electron chi connectivity index (χ3n) is 2.72. The molecule has 3 N–H and O–H groups in total. The van der Waals surface area contributed by atoms with E-state index in [-0.39, 0.29) is 18.1 Å². The second-order valence-corrected chi connectivity index (χ2v) is 6.87. The normalized spacial score (nSPS) is 14.6. The van der Waals surface area contributed by atoms with E-state index in [0.29, 0.717) is 6.54 Å². The van der Waals surface area contributed by atoms with Gasteiger partial charge < -0.3 is 16.0 Å². The minimum atomic E-state index is -3.15. The van der Waals surface area contributed by atoms with Gasteiger partial charge in [0.25, 0.3) is 0 Å². The van der Waals surface area contributed by atoms with Crippen molar-refractivity contribution < 1.29 is 18.0 Å². The fourth-order valence-corrected chi connectivity index (χ4v) is 2.02. The Morgan fingerprint density at radius 3 is 2.32 bits per heavy atom. The van der Waals surface area contributed by atoms with Crippen LogP contribution >= 0.6 is 0 Å². The average molecular weight is 293 g/mol. The highest BCUT2D eigenvalue weighted by molar-refractivity contribution is 7.90. The summed E-state index contributed by atoms with van der Waals surface area (Å²) >= 11 is 0. The molecule has 0 fully saturated rings. The molecule has 2 unspecified atom stereocenters. The van der Waals surface area contributed by atoms with Gasteiger partial charge in [-0.05, 0) is 20.3 Å². The highest BCUT2D eigenvalue weighted by Crippen LogP contribution is 1.97. The highest BCUT2D eigenvalue weighted by Gasteiger charge is 2.22. The van der Waals surface area contributed by atoms with Crippen molar-refractivity contribution in [3.05, 3.63) is 0 Å². The zero-order chi connectivity index (χ0) is 15.2. The maximum Gasteiger partial charge on any atom is 0.244 e. The largest absolute Gasteiger partial charge is 0.344 e. The maximum absolute atomic E-state index is 11.7. The van der Waals surface area contributed by atoms with Gasteiger partial charge in [-0.1, -0.05) is 0 Å². The van der Waals surface area contributed by atoms with E-state index in [9.17, 15) is 18.0 Å². The van der Waals surface area contributed by atoms with E-state index in [2.05, 4.69) is 5.32 Å². The van der Waals surface area contributed by atoms with Crippen LogP contribution in [-0.4, -0.2) is 62.8 Å². The first-order chi connectivity index (χ1) is 8.58. The number of nitrogens with two attached hydrogens (primary N) is 1. The summed E-state index contributed by atoms with van der Waals surface area (Å²) < 4.78 is 21.9. The molecule has 7 nitrogen and oxygen atoms in total. The summed E-state index contributed by atoms with van der Waals surface area (Å²) in [5, 5.41) is 2.48. The Hall–Kier alpha value is -1.15. The van der Waals surface area contributed by atoms with Gasteiger partial charge >= 0.3 is 0 Å². The quantitative estimate of drug-likeness (QED) is 0.608. The number of carbonyl (C=O) groups excluding carboxylic acids is 2. The van der Waals surface area contributed by atoms with Crippen molar-refractivity contribution in [2.45, 2.75) is 32.4 Å². The summed E-state index contributed by atoms with van der Waals surface area (Å²) in [5.74, 6) is -0.890. The van der Waals surface area contributed by atoms with Crippen LogP contribution in [0.3, 0.4) is 0 Å². The molecule has 0 spiro atoms. The van der Waals surface area contributed by atoms with Crippen molar-refractivity contribution in [1.29, 1.82) is 0 Å². The van der Waals surface area contributed by atoms with Crippen LogP contribution in [0.4, 0.5) is 0 Å². The molecule has 0 saturated carbocycles. The number of likely N-dealkylation sites (N-methyl/N-ethyl adjacent to an activating group) is 1. The van der Waals surface area contributed by atoms with Gasteiger partial charge in [0.1, 0.15) is 15.9 Å². The van der Waals surface area contributed by atoms with E-state index in [1.807, 2.05) is 6.92 Å². The molecule has 0 aliphatic carbocycles. The SMILES string of the molecule is CCN(C)C(=O)C(C)NC(=O)C(N)CCS(C)(=O)=O. The molecule has 0 radical (unpaired) electrons. The topological polar surface area (TPSA) is 110 Å². The smallest absolute Gasteiger partial charge is 0.244 e. The standard InChI is InChI=1S/C11H23N3O4S/c1-5-14(3)11(16)8(2)13-10(15)9(12)6-7-19(4,17)18/h8-9H,5-7,12H2,1-4H3,(H,13,15). The first-order valence-corrected chi connectivity index (χ1v) is 8.13. The van der Waals surface area contributed by atoms with E-state index in [1.165, 1.54) is 4.90 Å². The Labute approximate surface area is 114 Å². The highest BCUT2D eigenvalue weighted by atomic mass is 32.2. The Morgan fingerprint density at radius 2 is 1.89 bits per heavy atom. The van der Waals surface area contributed by atoms with Gasteiger partial charge in [0.05, 0.1) is 11.8 Å². The summed E-state index contributed by atoms with van der Waals surface area (Å²) in [6.45, 7) is 3.93. The molecule has 0 saturated heterocycles. The molecule has 0 heterocycles. The Bertz CT molecular complexity index is 422. The summed E-state index contributed by atoms with van der Waals surface area (Å²) in [7, 11) is -1.52. The van der Waals surface area contributed by atoms with Gasteiger partial charge in [-0.2, -0.15) is 0 Å². The number of nitrogens with zero attached hydrogens (tertiary/aromatic N) is 1. The number of amides is 2. The van der Waals surface area contributed by atoms with Gasteiger partial charge in [0.2, 0.25) is 11.8 Å². The van der Waals surface area contributed by atoms with Crippen LogP contribution in [0, 0.1) is 0 Å². The molecule has 112 valence electrons. The van der Waals surface area contributed by atoms with E-state index in [0.717, 1.165) is 6.26 Å². The maximum atomic E-state index is 11.7. The Balaban J connectivity index is 4.33. The average Bonchev–Trinajstić information content (AvgIpc) is 2.32. The van der Waals surface area contributed by atoms with E-state index >= 15 is 0 Å². The molecule has 0 rings (SSSR count). The molecule has 0 aliphatic heterocycles. The van der Waals surface area contributed by atoms with Gasteiger partial charge in [0.15, 0.2) is 0 Å². The van der Waals surface area contributed by atoms with Crippen LogP contribution in [0.5, 0.6) is 0 Å². The summed E-state index contributed by atoms with van der Waals surface area (Å²) in [5.41, 5.74) is 5.58. The number of nitrogens with one attached hydrogen (secondary N) is 1. The fourth-order valence-electron chi connectivity index (χ4n) is 1.34. The number of sulfone groups is 1. The molecular formula is C11H23N3O4S. The zero-order valence-corrected chi connectivity index (χ0v) is 12.7.